The first-order chi connectivity index (χ1) is 8.76. The van der Waals surface area contributed by atoms with Gasteiger partial charge in [0.15, 0.2) is 9.84 Å². The van der Waals surface area contributed by atoms with Crippen molar-refractivity contribution in [3.8, 4) is 0 Å². The molecule has 1 aromatic heterocycles. The molecule has 0 aliphatic rings. The van der Waals surface area contributed by atoms with Crippen molar-refractivity contribution in [3.63, 3.8) is 0 Å². The number of aliphatic hydroxyl groups is 1. The lowest BCUT2D eigenvalue weighted by molar-refractivity contribution is 0.149. The number of sulfone groups is 1. The van der Waals surface area contributed by atoms with Crippen LogP contribution >= 0.6 is 0 Å². The van der Waals surface area contributed by atoms with Gasteiger partial charge in [-0.1, -0.05) is 13.8 Å². The van der Waals surface area contributed by atoms with Crippen LogP contribution in [0.3, 0.4) is 0 Å². The van der Waals surface area contributed by atoms with Gasteiger partial charge in [0.2, 0.25) is 0 Å². The minimum absolute atomic E-state index is 0.106. The van der Waals surface area contributed by atoms with Gasteiger partial charge in [0.25, 0.3) is 0 Å². The van der Waals surface area contributed by atoms with Gasteiger partial charge in [-0.15, -0.1) is 0 Å². The number of aliphatic hydroxyl groups excluding tert-OH is 1. The van der Waals surface area contributed by atoms with Crippen LogP contribution in [-0.2, 0) is 9.84 Å². The van der Waals surface area contributed by atoms with Crippen molar-refractivity contribution in [2.75, 3.05) is 24.7 Å². The highest BCUT2D eigenvalue weighted by molar-refractivity contribution is 7.90. The molecule has 108 valence electrons. The molecule has 2 N–H and O–H groups in total. The predicted octanol–water partition coefficient (Wildman–Crippen LogP) is 1.70. The largest absolute Gasteiger partial charge is 0.396 e. The molecule has 1 rings (SSSR count). The van der Waals surface area contributed by atoms with Crippen molar-refractivity contribution < 1.29 is 13.5 Å². The number of nitrogens with one attached hydrogen (secondary N) is 1. The van der Waals surface area contributed by atoms with Crippen molar-refractivity contribution in [3.05, 3.63) is 18.3 Å². The van der Waals surface area contributed by atoms with Gasteiger partial charge in [0.05, 0.1) is 0 Å². The Bertz CT molecular complexity index is 512. The lowest BCUT2D eigenvalue weighted by atomic mass is 9.89. The summed E-state index contributed by atoms with van der Waals surface area (Å²) in [6, 6.07) is 3.15. The van der Waals surface area contributed by atoms with Gasteiger partial charge in [-0.3, -0.25) is 0 Å². The SMILES string of the molecule is CC(C)(CO)CCCNc1ncccc1S(C)(=O)=O. The lowest BCUT2D eigenvalue weighted by Crippen LogP contribution is -2.18. The summed E-state index contributed by atoms with van der Waals surface area (Å²) in [5, 5.41) is 12.2. The smallest absolute Gasteiger partial charge is 0.179 e. The Balaban J connectivity index is 2.60. The second kappa shape index (κ2) is 6.34. The summed E-state index contributed by atoms with van der Waals surface area (Å²) in [7, 11) is -3.27. The molecule has 0 aliphatic carbocycles. The van der Waals surface area contributed by atoms with Crippen LogP contribution in [0.2, 0.25) is 0 Å². The minimum Gasteiger partial charge on any atom is -0.396 e. The molecule has 0 saturated heterocycles. The maximum atomic E-state index is 11.6. The molecule has 19 heavy (non-hydrogen) atoms. The van der Waals surface area contributed by atoms with Crippen LogP contribution in [-0.4, -0.2) is 37.9 Å². The van der Waals surface area contributed by atoms with E-state index in [1.54, 1.807) is 18.3 Å². The van der Waals surface area contributed by atoms with Crippen LogP contribution in [0.4, 0.5) is 5.82 Å². The first-order valence-electron chi connectivity index (χ1n) is 6.26. The monoisotopic (exact) mass is 286 g/mol. The third kappa shape index (κ3) is 5.16. The number of aromatic nitrogens is 1. The topological polar surface area (TPSA) is 79.3 Å². The first kappa shape index (κ1) is 15.9. The number of rotatable bonds is 7. The van der Waals surface area contributed by atoms with Crippen molar-refractivity contribution in [1.29, 1.82) is 0 Å². The molecular formula is C13H22N2O3S. The molecule has 6 heteroatoms. The van der Waals surface area contributed by atoms with E-state index in [-0.39, 0.29) is 16.9 Å². The van der Waals surface area contributed by atoms with E-state index >= 15 is 0 Å². The molecule has 0 unspecified atom stereocenters. The summed E-state index contributed by atoms with van der Waals surface area (Å²) in [5.41, 5.74) is -0.106. The van der Waals surface area contributed by atoms with Gasteiger partial charge in [0, 0.05) is 25.6 Å². The number of nitrogens with zero attached hydrogens (tertiary/aromatic N) is 1. The predicted molar refractivity (Wildman–Crippen MR) is 75.9 cm³/mol. The van der Waals surface area contributed by atoms with Crippen LogP contribution < -0.4 is 5.32 Å². The van der Waals surface area contributed by atoms with E-state index in [0.29, 0.717) is 12.4 Å². The van der Waals surface area contributed by atoms with Gasteiger partial charge in [-0.25, -0.2) is 13.4 Å². The second-order valence-corrected chi connectivity index (χ2v) is 7.46. The van der Waals surface area contributed by atoms with Gasteiger partial charge >= 0.3 is 0 Å². The van der Waals surface area contributed by atoms with Crippen LogP contribution in [0.5, 0.6) is 0 Å². The Kier molecular flexibility index (Phi) is 5.31. The Hall–Kier alpha value is -1.14. The highest BCUT2D eigenvalue weighted by Crippen LogP contribution is 2.22. The fourth-order valence-electron chi connectivity index (χ4n) is 1.68. The summed E-state index contributed by atoms with van der Waals surface area (Å²) >= 11 is 0. The maximum absolute atomic E-state index is 11.6. The highest BCUT2D eigenvalue weighted by atomic mass is 32.2. The zero-order valence-corrected chi connectivity index (χ0v) is 12.5. The lowest BCUT2D eigenvalue weighted by Gasteiger charge is -2.21. The van der Waals surface area contributed by atoms with E-state index in [4.69, 9.17) is 5.11 Å². The Morgan fingerprint density at radius 3 is 2.68 bits per heavy atom. The average molecular weight is 286 g/mol. The number of pyridine rings is 1. The van der Waals surface area contributed by atoms with Gasteiger partial charge in [-0.05, 0) is 30.4 Å². The Morgan fingerprint density at radius 1 is 1.42 bits per heavy atom. The van der Waals surface area contributed by atoms with E-state index in [1.165, 1.54) is 6.26 Å². The summed E-state index contributed by atoms with van der Waals surface area (Å²) in [6.07, 6.45) is 4.43. The Labute approximate surface area is 115 Å². The number of anilines is 1. The maximum Gasteiger partial charge on any atom is 0.179 e. The molecule has 0 saturated carbocycles. The average Bonchev–Trinajstić information content (AvgIpc) is 2.34. The van der Waals surface area contributed by atoms with Gasteiger partial charge in [0.1, 0.15) is 10.7 Å². The molecule has 1 heterocycles. The summed E-state index contributed by atoms with van der Waals surface area (Å²) < 4.78 is 23.2. The summed E-state index contributed by atoms with van der Waals surface area (Å²) in [6.45, 7) is 4.76. The van der Waals surface area contributed by atoms with Crippen molar-refractivity contribution in [2.45, 2.75) is 31.6 Å². The third-order valence-electron chi connectivity index (χ3n) is 2.92. The van der Waals surface area contributed by atoms with Crippen LogP contribution in [0.25, 0.3) is 0 Å². The minimum atomic E-state index is -3.27. The zero-order chi connectivity index (χ0) is 14.5. The second-order valence-electron chi connectivity index (χ2n) is 5.47. The number of hydrogen-bond donors (Lipinski definition) is 2. The van der Waals surface area contributed by atoms with E-state index < -0.39 is 9.84 Å². The summed E-state index contributed by atoms with van der Waals surface area (Å²) in [5.74, 6) is 0.395. The molecule has 0 aromatic carbocycles. The third-order valence-corrected chi connectivity index (χ3v) is 4.05. The molecule has 1 aromatic rings. The first-order valence-corrected chi connectivity index (χ1v) is 8.15. The molecule has 0 aliphatic heterocycles. The fraction of sp³-hybridized carbons (Fsp3) is 0.615. The van der Waals surface area contributed by atoms with Crippen LogP contribution in [0, 0.1) is 5.41 Å². The normalized spacial score (nSPS) is 12.4. The van der Waals surface area contributed by atoms with E-state index in [0.717, 1.165) is 12.8 Å². The van der Waals surface area contributed by atoms with Gasteiger partial charge < -0.3 is 10.4 Å². The van der Waals surface area contributed by atoms with Crippen LogP contribution in [0.1, 0.15) is 26.7 Å². The fourth-order valence-corrected chi connectivity index (χ4v) is 2.48. The molecular weight excluding hydrogens is 264 g/mol. The molecule has 0 atom stereocenters. The van der Waals surface area contributed by atoms with Crippen LogP contribution in [0.15, 0.2) is 23.2 Å². The molecule has 0 bridgehead atoms. The molecule has 0 amide bonds. The van der Waals surface area contributed by atoms with Gasteiger partial charge in [-0.2, -0.15) is 0 Å². The molecule has 0 radical (unpaired) electrons. The van der Waals surface area contributed by atoms with Crippen molar-refractivity contribution in [1.82, 2.24) is 4.98 Å². The van der Waals surface area contributed by atoms with E-state index in [2.05, 4.69) is 10.3 Å². The number of hydrogen-bond acceptors (Lipinski definition) is 5. The van der Waals surface area contributed by atoms with Crippen molar-refractivity contribution >= 4 is 15.7 Å². The Morgan fingerprint density at radius 2 is 2.11 bits per heavy atom. The molecule has 0 spiro atoms. The van der Waals surface area contributed by atoms with E-state index in [1.807, 2.05) is 13.8 Å². The van der Waals surface area contributed by atoms with E-state index in [9.17, 15) is 8.42 Å². The highest BCUT2D eigenvalue weighted by Gasteiger charge is 2.16. The molecule has 5 nitrogen and oxygen atoms in total. The quantitative estimate of drug-likeness (QED) is 0.746. The molecule has 0 fully saturated rings. The standard InChI is InChI=1S/C13H22N2O3S/c1-13(2,10-16)7-5-9-15-12-11(19(3,17)18)6-4-8-14-12/h4,6,8,16H,5,7,9-10H2,1-3H3,(H,14,15). The zero-order valence-electron chi connectivity index (χ0n) is 11.7. The summed E-state index contributed by atoms with van der Waals surface area (Å²) in [4.78, 5) is 4.28. The van der Waals surface area contributed by atoms with Crippen molar-refractivity contribution in [2.24, 2.45) is 5.41 Å².